The van der Waals surface area contributed by atoms with E-state index in [1.807, 2.05) is 0 Å². The standard InChI is InChI=1S/C12H12F4O/c1-7(17)11(4-5-11)10-6-8(13)2-3-9(10)12(14,15)16/h2-3,6-7,17H,4-5H2,1H3. The van der Waals surface area contributed by atoms with Crippen LogP contribution in [0.3, 0.4) is 0 Å². The minimum absolute atomic E-state index is 0.125. The van der Waals surface area contributed by atoms with Crippen LogP contribution in [0, 0.1) is 5.82 Å². The molecule has 17 heavy (non-hydrogen) atoms. The molecule has 0 radical (unpaired) electrons. The van der Waals surface area contributed by atoms with Crippen LogP contribution in [-0.4, -0.2) is 11.2 Å². The van der Waals surface area contributed by atoms with Crippen LogP contribution >= 0.6 is 0 Å². The van der Waals surface area contributed by atoms with E-state index in [9.17, 15) is 22.7 Å². The summed E-state index contributed by atoms with van der Waals surface area (Å²) in [6.07, 6.45) is -4.52. The van der Waals surface area contributed by atoms with Gasteiger partial charge in [0.1, 0.15) is 5.82 Å². The first-order valence-electron chi connectivity index (χ1n) is 5.33. The molecular weight excluding hydrogens is 236 g/mol. The van der Waals surface area contributed by atoms with E-state index in [1.165, 1.54) is 6.92 Å². The van der Waals surface area contributed by atoms with E-state index in [1.54, 1.807) is 0 Å². The molecule has 1 fully saturated rings. The van der Waals surface area contributed by atoms with Crippen molar-refractivity contribution in [2.24, 2.45) is 0 Å². The summed E-state index contributed by atoms with van der Waals surface area (Å²) in [6, 6.07) is 2.43. The van der Waals surface area contributed by atoms with Gasteiger partial charge >= 0.3 is 6.18 Å². The van der Waals surface area contributed by atoms with Crippen LogP contribution < -0.4 is 0 Å². The van der Waals surface area contributed by atoms with Crippen LogP contribution in [0.2, 0.25) is 0 Å². The molecule has 1 atom stereocenters. The Kier molecular flexibility index (Phi) is 2.69. The van der Waals surface area contributed by atoms with Crippen molar-refractivity contribution in [1.29, 1.82) is 0 Å². The number of hydrogen-bond acceptors (Lipinski definition) is 1. The average molecular weight is 248 g/mol. The van der Waals surface area contributed by atoms with Crippen molar-refractivity contribution in [3.05, 3.63) is 35.1 Å². The van der Waals surface area contributed by atoms with Crippen LogP contribution in [0.1, 0.15) is 30.9 Å². The Morgan fingerprint density at radius 1 is 1.29 bits per heavy atom. The summed E-state index contributed by atoms with van der Waals surface area (Å²) in [6.45, 7) is 1.44. The van der Waals surface area contributed by atoms with Crippen LogP contribution in [0.15, 0.2) is 18.2 Å². The van der Waals surface area contributed by atoms with Gasteiger partial charge in [0, 0.05) is 5.41 Å². The molecule has 0 bridgehead atoms. The van der Waals surface area contributed by atoms with Crippen molar-refractivity contribution < 1.29 is 22.7 Å². The number of aliphatic hydroxyl groups is 1. The highest BCUT2D eigenvalue weighted by molar-refractivity contribution is 5.41. The summed E-state index contributed by atoms with van der Waals surface area (Å²) >= 11 is 0. The van der Waals surface area contributed by atoms with Gasteiger partial charge < -0.3 is 5.11 Å². The summed E-state index contributed by atoms with van der Waals surface area (Å²) in [7, 11) is 0. The Morgan fingerprint density at radius 3 is 2.29 bits per heavy atom. The van der Waals surface area contributed by atoms with Gasteiger partial charge in [-0.15, -0.1) is 0 Å². The topological polar surface area (TPSA) is 20.2 Å². The van der Waals surface area contributed by atoms with E-state index in [2.05, 4.69) is 0 Å². The molecule has 0 amide bonds. The molecule has 94 valence electrons. The maximum atomic E-state index is 13.1. The van der Waals surface area contributed by atoms with Crippen molar-refractivity contribution in [3.8, 4) is 0 Å². The van der Waals surface area contributed by atoms with Crippen molar-refractivity contribution in [3.63, 3.8) is 0 Å². The molecule has 1 saturated carbocycles. The van der Waals surface area contributed by atoms with Gasteiger partial charge in [0.05, 0.1) is 11.7 Å². The van der Waals surface area contributed by atoms with Gasteiger partial charge in [-0.2, -0.15) is 13.2 Å². The van der Waals surface area contributed by atoms with E-state index in [0.29, 0.717) is 12.8 Å². The number of aliphatic hydroxyl groups excluding tert-OH is 1. The second-order valence-electron chi connectivity index (χ2n) is 4.52. The quantitative estimate of drug-likeness (QED) is 0.796. The molecule has 0 saturated heterocycles. The highest BCUT2D eigenvalue weighted by Gasteiger charge is 2.52. The predicted octanol–water partition coefficient (Wildman–Crippen LogP) is 3.26. The normalized spacial score (nSPS) is 20.1. The fraction of sp³-hybridized carbons (Fsp3) is 0.500. The van der Waals surface area contributed by atoms with Crippen LogP contribution in [0.25, 0.3) is 0 Å². The number of benzene rings is 1. The van der Waals surface area contributed by atoms with E-state index in [0.717, 1.165) is 18.2 Å². The summed E-state index contributed by atoms with van der Waals surface area (Å²) in [5.41, 5.74) is -1.90. The lowest BCUT2D eigenvalue weighted by Crippen LogP contribution is -2.26. The molecule has 1 nitrogen and oxygen atoms in total. The summed E-state index contributed by atoms with van der Waals surface area (Å²) in [5.74, 6) is -0.708. The van der Waals surface area contributed by atoms with Gasteiger partial charge in [0.25, 0.3) is 0 Å². The Hall–Kier alpha value is -1.10. The average Bonchev–Trinajstić information content (AvgIpc) is 2.95. The Bertz CT molecular complexity index is 433. The second kappa shape index (κ2) is 3.70. The van der Waals surface area contributed by atoms with Crippen molar-refractivity contribution in [2.45, 2.75) is 37.5 Å². The smallest absolute Gasteiger partial charge is 0.392 e. The predicted molar refractivity (Wildman–Crippen MR) is 54.0 cm³/mol. The number of rotatable bonds is 2. The minimum Gasteiger partial charge on any atom is -0.392 e. The lowest BCUT2D eigenvalue weighted by Gasteiger charge is -2.23. The molecule has 5 heteroatoms. The molecule has 1 aromatic carbocycles. The van der Waals surface area contributed by atoms with E-state index in [-0.39, 0.29) is 5.56 Å². The first-order chi connectivity index (χ1) is 7.77. The van der Waals surface area contributed by atoms with Crippen LogP contribution in [-0.2, 0) is 11.6 Å². The molecule has 1 aromatic rings. The van der Waals surface area contributed by atoms with Gasteiger partial charge in [0.2, 0.25) is 0 Å². The fourth-order valence-electron chi connectivity index (χ4n) is 2.22. The highest BCUT2D eigenvalue weighted by Crippen LogP contribution is 2.54. The van der Waals surface area contributed by atoms with Crippen LogP contribution in [0.5, 0.6) is 0 Å². The lowest BCUT2D eigenvalue weighted by atomic mass is 9.87. The Morgan fingerprint density at radius 2 is 1.88 bits per heavy atom. The largest absolute Gasteiger partial charge is 0.416 e. The monoisotopic (exact) mass is 248 g/mol. The molecular formula is C12H12F4O. The Labute approximate surface area is 96.1 Å². The number of alkyl halides is 3. The van der Waals surface area contributed by atoms with Crippen molar-refractivity contribution in [1.82, 2.24) is 0 Å². The summed E-state index contributed by atoms with van der Waals surface area (Å²) in [4.78, 5) is 0. The molecule has 1 unspecified atom stereocenters. The fourth-order valence-corrected chi connectivity index (χ4v) is 2.22. The third kappa shape index (κ3) is 2.04. The molecule has 1 aliphatic rings. The zero-order valence-corrected chi connectivity index (χ0v) is 9.18. The highest BCUT2D eigenvalue weighted by atomic mass is 19.4. The van der Waals surface area contributed by atoms with Gasteiger partial charge in [0.15, 0.2) is 0 Å². The van der Waals surface area contributed by atoms with Gasteiger partial charge in [-0.1, -0.05) is 0 Å². The molecule has 1 aliphatic carbocycles. The van der Waals surface area contributed by atoms with Gasteiger partial charge in [-0.3, -0.25) is 0 Å². The molecule has 0 spiro atoms. The minimum atomic E-state index is -4.52. The number of hydrogen-bond donors (Lipinski definition) is 1. The molecule has 0 heterocycles. The van der Waals surface area contributed by atoms with Gasteiger partial charge in [-0.25, -0.2) is 4.39 Å². The summed E-state index contributed by atoms with van der Waals surface area (Å²) in [5, 5.41) is 9.59. The van der Waals surface area contributed by atoms with Crippen molar-refractivity contribution in [2.75, 3.05) is 0 Å². The Balaban J connectivity index is 2.56. The first kappa shape index (κ1) is 12.4. The maximum Gasteiger partial charge on any atom is 0.416 e. The van der Waals surface area contributed by atoms with E-state index in [4.69, 9.17) is 0 Å². The van der Waals surface area contributed by atoms with Crippen LogP contribution in [0.4, 0.5) is 17.6 Å². The van der Waals surface area contributed by atoms with Crippen molar-refractivity contribution >= 4 is 0 Å². The third-order valence-electron chi connectivity index (χ3n) is 3.41. The molecule has 1 N–H and O–H groups in total. The SMILES string of the molecule is CC(O)C1(c2cc(F)ccc2C(F)(F)F)CC1. The molecule has 0 aliphatic heterocycles. The van der Waals surface area contributed by atoms with E-state index < -0.39 is 29.1 Å². The van der Waals surface area contributed by atoms with Gasteiger partial charge in [-0.05, 0) is 43.5 Å². The maximum absolute atomic E-state index is 13.1. The third-order valence-corrected chi connectivity index (χ3v) is 3.41. The summed E-state index contributed by atoms with van der Waals surface area (Å²) < 4.78 is 51.5. The van der Waals surface area contributed by atoms with E-state index >= 15 is 0 Å². The zero-order valence-electron chi connectivity index (χ0n) is 9.18. The molecule has 2 rings (SSSR count). The lowest BCUT2D eigenvalue weighted by molar-refractivity contribution is -0.138. The second-order valence-corrected chi connectivity index (χ2v) is 4.52. The number of halogens is 4. The first-order valence-corrected chi connectivity index (χ1v) is 5.33. The zero-order chi connectivity index (χ0) is 12.8. The molecule has 0 aromatic heterocycles.